The van der Waals surface area contributed by atoms with E-state index in [0.29, 0.717) is 39.9 Å². The monoisotopic (exact) mass is 1200 g/mol. The number of nitrogens with zero attached hydrogens (tertiary/aromatic N) is 10. The van der Waals surface area contributed by atoms with E-state index in [-0.39, 0.29) is 75.9 Å². The van der Waals surface area contributed by atoms with E-state index in [2.05, 4.69) is 56.1 Å². The molecule has 25 nitrogen and oxygen atoms in total. The Balaban J connectivity index is 0.000000241. The number of carboxylic acids is 1. The van der Waals surface area contributed by atoms with E-state index < -0.39 is 55.3 Å². The summed E-state index contributed by atoms with van der Waals surface area (Å²) in [7, 11) is -0.165. The summed E-state index contributed by atoms with van der Waals surface area (Å²) in [6.45, 7) is 0.109. The van der Waals surface area contributed by atoms with Gasteiger partial charge in [0.2, 0.25) is 11.9 Å². The number of methoxy groups -OCH3 is 4. The Morgan fingerprint density at radius 3 is 1.33 bits per heavy atom. The van der Waals surface area contributed by atoms with E-state index in [1.165, 1.54) is 77.8 Å². The van der Waals surface area contributed by atoms with Crippen molar-refractivity contribution in [1.82, 2.24) is 54.8 Å². The van der Waals surface area contributed by atoms with Gasteiger partial charge in [-0.15, -0.1) is 0 Å². The van der Waals surface area contributed by atoms with Crippen molar-refractivity contribution >= 4 is 54.8 Å². The highest BCUT2D eigenvalue weighted by molar-refractivity contribution is 7.90. The molecule has 83 heavy (non-hydrogen) atoms. The number of benzene rings is 2. The summed E-state index contributed by atoms with van der Waals surface area (Å²) in [4.78, 5) is 49.2. The first kappa shape index (κ1) is 62.7. The van der Waals surface area contributed by atoms with Gasteiger partial charge in [0.1, 0.15) is 42.7 Å². The molecule has 33 heteroatoms. The number of carbonyl (C=O) groups excluding carboxylic acids is 1. The first-order valence-electron chi connectivity index (χ1n) is 23.6. The van der Waals surface area contributed by atoms with E-state index in [1.54, 1.807) is 36.4 Å². The van der Waals surface area contributed by atoms with Gasteiger partial charge in [0, 0.05) is 145 Å². The minimum absolute atomic E-state index is 0.0192. The molecule has 2 aromatic carbocycles. The molecular formula is C50H50F6N14O11S2. The third-order valence-corrected chi connectivity index (χ3v) is 12.7. The number of nitrogens with two attached hydrogens (primary N) is 1. The Labute approximate surface area is 468 Å². The molecule has 0 saturated carbocycles. The molecule has 0 radical (unpaired) electrons. The molecule has 0 bridgehead atoms. The van der Waals surface area contributed by atoms with Gasteiger partial charge in [0.05, 0.1) is 51.1 Å². The van der Waals surface area contributed by atoms with Crippen LogP contribution >= 0.6 is 0 Å². The average Bonchev–Trinajstić information content (AvgIpc) is 3.87. The molecule has 0 saturated heterocycles. The lowest BCUT2D eigenvalue weighted by atomic mass is 10.1. The normalized spacial score (nSPS) is 11.5. The van der Waals surface area contributed by atoms with Gasteiger partial charge in [-0.2, -0.15) is 46.5 Å². The van der Waals surface area contributed by atoms with Gasteiger partial charge in [0.15, 0.2) is 23.0 Å². The van der Waals surface area contributed by atoms with Gasteiger partial charge in [-0.05, 0) is 24.3 Å². The molecular weight excluding hydrogens is 1150 g/mol. The standard InChI is InChI=1S/C25H24F3N7O5S.C22H17F3N6O4.C3H9NO2S/c1-39-18-9-17(10-19(11-18)40-2)32-24-31-14-20(22(33-24)35-6-4-21(34-35)25(26,27)28)15-8-16(13-29-12-15)23(36)30-5-7-41(3,37)38;1-34-15-6-14(7-16(8-15)35-2)28-21-27-11-17(12-5-13(20(32)33)10-26-9-12)19(29-21)31-4-3-18(30-31)22(23,24)25;1-7(5,6)3-2-4/h4,6,8-14H,5,7H2,1-3H3,(H,30,36)(H,31,32,33);3-11H,1-2H3,(H,32,33)(H,27,28,29);2-4H2,1H3. The number of rotatable bonds is 19. The lowest BCUT2D eigenvalue weighted by Gasteiger charge is -2.13. The Hall–Kier alpha value is -9.50. The van der Waals surface area contributed by atoms with Crippen molar-refractivity contribution in [3.05, 3.63) is 133 Å². The zero-order valence-corrected chi connectivity index (χ0v) is 46.0. The van der Waals surface area contributed by atoms with E-state index in [0.717, 1.165) is 46.3 Å². The van der Waals surface area contributed by atoms with Crippen LogP contribution in [0.3, 0.4) is 0 Å². The van der Waals surface area contributed by atoms with E-state index in [9.17, 15) is 57.9 Å². The summed E-state index contributed by atoms with van der Waals surface area (Å²) in [6.07, 6.45) is 2.88. The Kier molecular flexibility index (Phi) is 20.3. The van der Waals surface area contributed by atoms with Crippen molar-refractivity contribution in [2.45, 2.75) is 12.4 Å². The van der Waals surface area contributed by atoms with E-state index >= 15 is 0 Å². The second-order valence-corrected chi connectivity index (χ2v) is 21.7. The first-order chi connectivity index (χ1) is 39.1. The molecule has 0 aliphatic rings. The largest absolute Gasteiger partial charge is 0.497 e. The average molecular weight is 1200 g/mol. The van der Waals surface area contributed by atoms with Gasteiger partial charge >= 0.3 is 18.3 Å². The van der Waals surface area contributed by atoms with E-state index in [1.807, 2.05) is 0 Å². The van der Waals surface area contributed by atoms with Crippen LogP contribution in [-0.2, 0) is 32.0 Å². The van der Waals surface area contributed by atoms with Crippen LogP contribution in [0.1, 0.15) is 32.1 Å². The van der Waals surface area contributed by atoms with Crippen molar-refractivity contribution < 1.29 is 76.8 Å². The fourth-order valence-electron chi connectivity index (χ4n) is 6.91. The minimum Gasteiger partial charge on any atom is -0.497 e. The predicted molar refractivity (Wildman–Crippen MR) is 288 cm³/mol. The highest BCUT2D eigenvalue weighted by Crippen LogP contribution is 2.34. The summed E-state index contributed by atoms with van der Waals surface area (Å²) >= 11 is 0. The molecule has 8 rings (SSSR count). The maximum atomic E-state index is 13.3. The van der Waals surface area contributed by atoms with Crippen molar-refractivity contribution in [2.75, 3.05) is 76.2 Å². The summed E-state index contributed by atoms with van der Waals surface area (Å²) in [5.41, 5.74) is 4.63. The zero-order valence-electron chi connectivity index (χ0n) is 44.4. The second-order valence-electron chi connectivity index (χ2n) is 17.1. The number of sulfone groups is 2. The molecule has 0 fully saturated rings. The number of carbonyl (C=O) groups is 2. The number of alkyl halides is 6. The third-order valence-electron chi connectivity index (χ3n) is 10.8. The molecule has 0 unspecified atom stereocenters. The van der Waals surface area contributed by atoms with Crippen LogP contribution in [0.4, 0.5) is 49.6 Å². The number of halogens is 6. The number of aromatic carboxylic acids is 1. The number of aromatic nitrogens is 10. The SMILES string of the molecule is COc1cc(Nc2ncc(-c3cncc(C(=O)NCCS(C)(=O)=O)c3)c(-n3ccc(C(F)(F)F)n3)n2)cc(OC)c1.COc1cc(Nc2ncc(-c3cncc(C(=O)O)c3)c(-n3ccc(C(F)(F)F)n3)n2)cc(OC)c1.CS(=O)(=O)CCN. The number of carboxylic acid groups (broad SMARTS) is 1. The van der Waals surface area contributed by atoms with Crippen LogP contribution in [-0.4, -0.2) is 149 Å². The molecule has 440 valence electrons. The van der Waals surface area contributed by atoms with Crippen LogP contribution in [0.15, 0.2) is 110 Å². The lowest BCUT2D eigenvalue weighted by Crippen LogP contribution is -2.28. The molecule has 0 atom stereocenters. The maximum absolute atomic E-state index is 13.3. The van der Waals surface area contributed by atoms with Crippen LogP contribution in [0.5, 0.6) is 23.0 Å². The summed E-state index contributed by atoms with van der Waals surface area (Å²) < 4.78 is 145. The van der Waals surface area contributed by atoms with Gasteiger partial charge < -0.3 is 45.7 Å². The Morgan fingerprint density at radius 2 is 0.988 bits per heavy atom. The topological polar surface area (TPSA) is 335 Å². The zero-order chi connectivity index (χ0) is 60.9. The summed E-state index contributed by atoms with van der Waals surface area (Å²) in [5, 5.41) is 24.9. The second kappa shape index (κ2) is 26.8. The fraction of sp³-hybridized carbons (Fsp3) is 0.240. The molecule has 8 aromatic rings. The number of ether oxygens (including phenoxy) is 4. The Bertz CT molecular complexity index is 3790. The molecule has 6 N–H and O–H groups in total. The van der Waals surface area contributed by atoms with Crippen LogP contribution in [0.25, 0.3) is 33.9 Å². The van der Waals surface area contributed by atoms with Crippen molar-refractivity contribution in [3.8, 4) is 56.9 Å². The minimum atomic E-state index is -4.69. The van der Waals surface area contributed by atoms with Crippen LogP contribution < -0.4 is 40.6 Å². The summed E-state index contributed by atoms with van der Waals surface area (Å²) in [6, 6.07) is 14.2. The number of hydrogen-bond acceptors (Lipinski definition) is 21. The molecule has 0 aliphatic carbocycles. The van der Waals surface area contributed by atoms with Crippen molar-refractivity contribution in [2.24, 2.45) is 5.73 Å². The highest BCUT2D eigenvalue weighted by atomic mass is 32.2. The van der Waals surface area contributed by atoms with Gasteiger partial charge in [0.25, 0.3) is 5.91 Å². The van der Waals surface area contributed by atoms with Gasteiger partial charge in [-0.1, -0.05) is 0 Å². The number of nitrogens with one attached hydrogen (secondary N) is 3. The lowest BCUT2D eigenvalue weighted by molar-refractivity contribution is -0.142. The van der Waals surface area contributed by atoms with Gasteiger partial charge in [-0.25, -0.2) is 41.0 Å². The van der Waals surface area contributed by atoms with Gasteiger partial charge in [-0.3, -0.25) is 14.8 Å². The summed E-state index contributed by atoms with van der Waals surface area (Å²) in [5.74, 6) is -0.0565. The number of pyridine rings is 2. The number of hydrogen-bond donors (Lipinski definition) is 5. The molecule has 0 aliphatic heterocycles. The Morgan fingerprint density at radius 1 is 0.590 bits per heavy atom. The number of anilines is 4. The molecule has 0 spiro atoms. The van der Waals surface area contributed by atoms with Crippen LogP contribution in [0, 0.1) is 0 Å². The van der Waals surface area contributed by atoms with Crippen LogP contribution in [0.2, 0.25) is 0 Å². The quantitative estimate of drug-likeness (QED) is 0.0541. The maximum Gasteiger partial charge on any atom is 0.435 e. The first-order valence-corrected chi connectivity index (χ1v) is 27.7. The number of amides is 1. The fourth-order valence-corrected chi connectivity index (χ4v) is 7.81. The van der Waals surface area contributed by atoms with E-state index in [4.69, 9.17) is 24.7 Å². The van der Waals surface area contributed by atoms with Crippen molar-refractivity contribution in [1.29, 1.82) is 0 Å². The van der Waals surface area contributed by atoms with Crippen molar-refractivity contribution in [3.63, 3.8) is 0 Å². The molecule has 6 aromatic heterocycles. The predicted octanol–water partition coefficient (Wildman–Crippen LogP) is 6.47. The third kappa shape index (κ3) is 18.0. The molecule has 6 heterocycles. The highest BCUT2D eigenvalue weighted by Gasteiger charge is 2.35. The molecule has 1 amide bonds. The smallest absolute Gasteiger partial charge is 0.435 e.